The van der Waals surface area contributed by atoms with Crippen LogP contribution in [0.25, 0.3) is 10.8 Å². The predicted molar refractivity (Wildman–Crippen MR) is 165 cm³/mol. The Hall–Kier alpha value is -3.75. The van der Waals surface area contributed by atoms with E-state index in [2.05, 4.69) is 10.6 Å². The van der Waals surface area contributed by atoms with Crippen molar-refractivity contribution in [2.45, 2.75) is 70.4 Å². The number of anilines is 1. The van der Waals surface area contributed by atoms with E-state index in [1.807, 2.05) is 100 Å². The number of nitrogens with one attached hydrogen (secondary N) is 2. The number of hydrogen-bond acceptors (Lipinski definition) is 5. The van der Waals surface area contributed by atoms with Crippen molar-refractivity contribution in [3.63, 3.8) is 0 Å². The second-order valence-corrected chi connectivity index (χ2v) is 12.8. The van der Waals surface area contributed by atoms with Crippen LogP contribution < -0.4 is 10.6 Å². The molecule has 8 heteroatoms. The van der Waals surface area contributed by atoms with Crippen LogP contribution in [0.4, 0.5) is 5.69 Å². The van der Waals surface area contributed by atoms with Gasteiger partial charge in [-0.1, -0.05) is 87.9 Å². The van der Waals surface area contributed by atoms with E-state index in [0.29, 0.717) is 25.1 Å². The fourth-order valence-electron chi connectivity index (χ4n) is 7.92. The first-order valence-electron chi connectivity index (χ1n) is 15.4. The van der Waals surface area contributed by atoms with Crippen molar-refractivity contribution in [1.82, 2.24) is 10.2 Å². The Bertz CT molecular complexity index is 1540. The molecule has 3 N–H and O–H groups in total. The first-order valence-corrected chi connectivity index (χ1v) is 15.4. The zero-order valence-electron chi connectivity index (χ0n) is 25.2. The van der Waals surface area contributed by atoms with Crippen molar-refractivity contribution in [3.05, 3.63) is 78.4 Å². The molecule has 0 aliphatic carbocycles. The summed E-state index contributed by atoms with van der Waals surface area (Å²) in [5.41, 5.74) is -0.539. The number of rotatable bonds is 9. The van der Waals surface area contributed by atoms with E-state index in [0.717, 1.165) is 16.3 Å². The highest BCUT2D eigenvalue weighted by Gasteiger charge is 2.80. The Kier molecular flexibility index (Phi) is 7.55. The first-order chi connectivity index (χ1) is 20.6. The molecule has 43 heavy (non-hydrogen) atoms. The largest absolute Gasteiger partial charge is 0.394 e. The molecule has 0 saturated carbocycles. The number of carbonyl (C=O) groups excluding carboxylic acids is 3. The zero-order valence-corrected chi connectivity index (χ0v) is 25.2. The van der Waals surface area contributed by atoms with E-state index in [9.17, 15) is 19.5 Å². The van der Waals surface area contributed by atoms with Crippen LogP contribution in [-0.2, 0) is 25.7 Å². The molecule has 0 radical (unpaired) electrons. The molecule has 3 aromatic carbocycles. The van der Waals surface area contributed by atoms with Crippen LogP contribution in [0.15, 0.2) is 72.8 Å². The molecule has 3 heterocycles. The fraction of sp³-hybridized carbons (Fsp3) is 0.457. The topological polar surface area (TPSA) is 108 Å². The predicted octanol–water partition coefficient (Wildman–Crippen LogP) is 4.51. The molecule has 3 saturated heterocycles. The van der Waals surface area contributed by atoms with Crippen LogP contribution >= 0.6 is 0 Å². The summed E-state index contributed by atoms with van der Waals surface area (Å²) in [5, 5.41) is 18.8. The summed E-state index contributed by atoms with van der Waals surface area (Å²) in [6, 6.07) is 21.7. The number of aliphatic hydroxyl groups excluding tert-OH is 1. The van der Waals surface area contributed by atoms with Gasteiger partial charge in [0, 0.05) is 12.2 Å². The van der Waals surface area contributed by atoms with Crippen LogP contribution in [-0.4, -0.2) is 57.6 Å². The van der Waals surface area contributed by atoms with E-state index in [1.54, 1.807) is 4.90 Å². The lowest BCUT2D eigenvalue weighted by molar-refractivity contribution is -0.150. The Morgan fingerprint density at radius 1 is 1.05 bits per heavy atom. The summed E-state index contributed by atoms with van der Waals surface area (Å²) in [4.78, 5) is 44.5. The van der Waals surface area contributed by atoms with Gasteiger partial charge in [-0.15, -0.1) is 0 Å². The van der Waals surface area contributed by atoms with Crippen LogP contribution in [0.5, 0.6) is 0 Å². The average Bonchev–Trinajstić information content (AvgIpc) is 3.53. The second-order valence-electron chi connectivity index (χ2n) is 12.8. The summed E-state index contributed by atoms with van der Waals surface area (Å²) >= 11 is 0. The van der Waals surface area contributed by atoms with Crippen molar-refractivity contribution in [2.24, 2.45) is 23.7 Å². The third-order valence-corrected chi connectivity index (χ3v) is 10.5. The third-order valence-electron chi connectivity index (χ3n) is 10.5. The fourth-order valence-corrected chi connectivity index (χ4v) is 7.92. The lowest BCUT2D eigenvalue weighted by atomic mass is 9.62. The molecule has 3 unspecified atom stereocenters. The van der Waals surface area contributed by atoms with E-state index in [4.69, 9.17) is 4.74 Å². The lowest BCUT2D eigenvalue weighted by Gasteiger charge is -2.39. The number of amides is 3. The van der Waals surface area contributed by atoms with Gasteiger partial charge >= 0.3 is 0 Å². The van der Waals surface area contributed by atoms with Crippen molar-refractivity contribution in [3.8, 4) is 0 Å². The van der Waals surface area contributed by atoms with E-state index in [1.165, 1.54) is 0 Å². The molecule has 3 aliphatic rings. The molecule has 226 valence electrons. The minimum atomic E-state index is -1.19. The Balaban J connectivity index is 1.38. The van der Waals surface area contributed by atoms with Crippen molar-refractivity contribution >= 4 is 34.2 Å². The van der Waals surface area contributed by atoms with E-state index < -0.39 is 35.1 Å². The monoisotopic (exact) mass is 583 g/mol. The molecule has 0 aromatic heterocycles. The highest BCUT2D eigenvalue weighted by Crippen LogP contribution is 2.65. The number of aliphatic hydroxyl groups is 1. The van der Waals surface area contributed by atoms with Gasteiger partial charge < -0.3 is 25.4 Å². The molecule has 3 fully saturated rings. The Morgan fingerprint density at radius 3 is 2.44 bits per heavy atom. The van der Waals surface area contributed by atoms with Crippen molar-refractivity contribution in [1.29, 1.82) is 0 Å². The van der Waals surface area contributed by atoms with Gasteiger partial charge in [0.05, 0.1) is 30.1 Å². The summed E-state index contributed by atoms with van der Waals surface area (Å²) in [6.07, 6.45) is 1.18. The highest BCUT2D eigenvalue weighted by atomic mass is 16.5. The lowest BCUT2D eigenvalue weighted by Crippen LogP contribution is -2.57. The quantitative estimate of drug-likeness (QED) is 0.344. The van der Waals surface area contributed by atoms with Gasteiger partial charge in [0.25, 0.3) is 0 Å². The summed E-state index contributed by atoms with van der Waals surface area (Å²) < 4.78 is 6.85. The van der Waals surface area contributed by atoms with Crippen LogP contribution in [0, 0.1) is 23.7 Å². The maximum absolute atomic E-state index is 14.5. The summed E-state index contributed by atoms with van der Waals surface area (Å²) in [6.45, 7) is 7.96. The second kappa shape index (κ2) is 11.1. The number of carbonyl (C=O) groups is 3. The maximum atomic E-state index is 14.5. The van der Waals surface area contributed by atoms with Crippen LogP contribution in [0.3, 0.4) is 0 Å². The normalized spacial score (nSPS) is 30.7. The van der Waals surface area contributed by atoms with E-state index in [-0.39, 0.29) is 36.2 Å². The number of nitrogens with zero attached hydrogens (tertiary/aromatic N) is 1. The van der Waals surface area contributed by atoms with Crippen LogP contribution in [0.1, 0.15) is 46.1 Å². The number of likely N-dealkylation sites (tertiary alicyclic amines) is 1. The van der Waals surface area contributed by atoms with Crippen molar-refractivity contribution < 1.29 is 24.2 Å². The van der Waals surface area contributed by atoms with Gasteiger partial charge in [0.2, 0.25) is 17.7 Å². The standard InChI is InChI=1S/C35H41N3O5/c1-5-21(2)27(20-39)38-30(32(41)37-26-16-15-24-13-9-10-14-25(24)17-26)35-18-22(3)34(4,43-35)28(29(35)33(38)42)31(40)36-19-23-11-7-6-8-12-23/h6-17,21-22,27-30,39H,5,18-20H2,1-4H3,(H,36,40)(H,37,41)/t21-,22?,27-,28-,29-,30?,34+,35?/m0/s1. The SMILES string of the molecule is CC[C@H](C)[C@H](CO)N1C(=O)[C@@H]2[C@@H](C(=O)NCc3ccccc3)[C@]3(C)OC2(CC3C)C1C(=O)Nc1ccc2ccccc2c1. The summed E-state index contributed by atoms with van der Waals surface area (Å²) in [5.74, 6) is -2.67. The van der Waals surface area contributed by atoms with Gasteiger partial charge in [0.1, 0.15) is 11.6 Å². The zero-order chi connectivity index (χ0) is 30.5. The number of fused-ring (bicyclic) bond motifs is 2. The minimum Gasteiger partial charge on any atom is -0.394 e. The van der Waals surface area contributed by atoms with Gasteiger partial charge in [0.15, 0.2) is 0 Å². The molecule has 8 nitrogen and oxygen atoms in total. The van der Waals surface area contributed by atoms with Gasteiger partial charge in [-0.25, -0.2) is 0 Å². The Morgan fingerprint density at radius 2 is 1.74 bits per heavy atom. The average molecular weight is 584 g/mol. The molecule has 3 aliphatic heterocycles. The molecule has 3 aromatic rings. The van der Waals surface area contributed by atoms with E-state index >= 15 is 0 Å². The third kappa shape index (κ3) is 4.62. The molecule has 2 bridgehead atoms. The number of hydrogen-bond donors (Lipinski definition) is 3. The van der Waals surface area contributed by atoms with Gasteiger partial charge in [-0.3, -0.25) is 14.4 Å². The molecule has 6 rings (SSSR count). The molecule has 1 spiro atoms. The van der Waals surface area contributed by atoms with Crippen molar-refractivity contribution in [2.75, 3.05) is 11.9 Å². The number of benzene rings is 3. The minimum absolute atomic E-state index is 0.0730. The smallest absolute Gasteiger partial charge is 0.250 e. The summed E-state index contributed by atoms with van der Waals surface area (Å²) in [7, 11) is 0. The van der Waals surface area contributed by atoms with Gasteiger partial charge in [-0.05, 0) is 53.6 Å². The number of ether oxygens (including phenoxy) is 1. The molecule has 3 amide bonds. The molecular weight excluding hydrogens is 542 g/mol. The Labute approximate surface area is 252 Å². The highest BCUT2D eigenvalue weighted by molar-refractivity contribution is 6.04. The van der Waals surface area contributed by atoms with Gasteiger partial charge in [-0.2, -0.15) is 0 Å². The first kappa shape index (κ1) is 29.3. The van der Waals surface area contributed by atoms with Crippen LogP contribution in [0.2, 0.25) is 0 Å². The maximum Gasteiger partial charge on any atom is 0.250 e. The molecular formula is C35H41N3O5. The molecule has 8 atom stereocenters.